The summed E-state index contributed by atoms with van der Waals surface area (Å²) in [6.45, 7) is 0.558. The average Bonchev–Trinajstić information content (AvgIpc) is 2.65. The van der Waals surface area contributed by atoms with Crippen LogP contribution in [0.4, 0.5) is 5.69 Å². The summed E-state index contributed by atoms with van der Waals surface area (Å²) in [7, 11) is 5.48. The third-order valence-corrected chi connectivity index (χ3v) is 4.60. The standard InChI is InChI=1S/C19H22N4O2/c1-20-11-19(21-2,22-3)23-15-10-6-9-14-16(15)18(25)13-8-5-4-7-12(13)17(14)24/h4-10,20-23H,11H2,1-3H3. The lowest BCUT2D eigenvalue weighted by atomic mass is 9.83. The predicted molar refractivity (Wildman–Crippen MR) is 98.1 cm³/mol. The van der Waals surface area contributed by atoms with Gasteiger partial charge in [0.1, 0.15) is 0 Å². The largest absolute Gasteiger partial charge is 0.353 e. The molecule has 3 rings (SSSR count). The van der Waals surface area contributed by atoms with Gasteiger partial charge in [0.15, 0.2) is 17.4 Å². The maximum atomic E-state index is 13.0. The van der Waals surface area contributed by atoms with Crippen LogP contribution in [-0.4, -0.2) is 45.0 Å². The molecule has 0 aliphatic heterocycles. The van der Waals surface area contributed by atoms with Gasteiger partial charge in [-0.15, -0.1) is 0 Å². The number of carbonyl (C=O) groups is 2. The molecule has 1 aliphatic rings. The van der Waals surface area contributed by atoms with Crippen LogP contribution in [0.5, 0.6) is 0 Å². The zero-order chi connectivity index (χ0) is 18.0. The van der Waals surface area contributed by atoms with Crippen molar-refractivity contribution in [3.8, 4) is 0 Å². The molecule has 0 atom stereocenters. The fraction of sp³-hybridized carbons (Fsp3) is 0.263. The first-order chi connectivity index (χ1) is 12.1. The molecule has 2 aromatic rings. The van der Waals surface area contributed by atoms with Crippen LogP contribution in [0.1, 0.15) is 31.8 Å². The summed E-state index contributed by atoms with van der Waals surface area (Å²) in [6, 6.07) is 12.3. The van der Waals surface area contributed by atoms with Gasteiger partial charge in [-0.3, -0.25) is 20.2 Å². The van der Waals surface area contributed by atoms with Gasteiger partial charge in [-0.25, -0.2) is 0 Å². The number of anilines is 1. The van der Waals surface area contributed by atoms with Crippen LogP contribution in [0.3, 0.4) is 0 Å². The second kappa shape index (κ2) is 6.76. The molecule has 0 saturated carbocycles. The first kappa shape index (κ1) is 17.3. The normalized spacial score (nSPS) is 13.4. The number of rotatable bonds is 6. The van der Waals surface area contributed by atoms with E-state index in [9.17, 15) is 9.59 Å². The third kappa shape index (κ3) is 2.84. The monoisotopic (exact) mass is 338 g/mol. The van der Waals surface area contributed by atoms with Gasteiger partial charge in [0, 0.05) is 28.9 Å². The minimum atomic E-state index is -0.663. The van der Waals surface area contributed by atoms with Crippen molar-refractivity contribution < 1.29 is 9.59 Å². The Kier molecular flexibility index (Phi) is 4.67. The summed E-state index contributed by atoms with van der Waals surface area (Å²) in [5.41, 5.74) is 2.36. The van der Waals surface area contributed by atoms with Crippen molar-refractivity contribution in [1.82, 2.24) is 16.0 Å². The zero-order valence-corrected chi connectivity index (χ0v) is 14.6. The Labute approximate surface area is 147 Å². The highest BCUT2D eigenvalue weighted by atomic mass is 16.1. The third-order valence-electron chi connectivity index (χ3n) is 4.60. The molecule has 0 fully saturated rings. The zero-order valence-electron chi connectivity index (χ0n) is 14.6. The molecule has 0 bridgehead atoms. The molecule has 0 spiro atoms. The van der Waals surface area contributed by atoms with Gasteiger partial charge < -0.3 is 10.6 Å². The van der Waals surface area contributed by atoms with Crippen molar-refractivity contribution in [3.63, 3.8) is 0 Å². The molecule has 0 radical (unpaired) electrons. The van der Waals surface area contributed by atoms with E-state index in [1.165, 1.54) is 0 Å². The lowest BCUT2D eigenvalue weighted by Gasteiger charge is -2.36. The molecule has 1 aliphatic carbocycles. The maximum absolute atomic E-state index is 13.0. The number of nitrogens with one attached hydrogen (secondary N) is 4. The van der Waals surface area contributed by atoms with Crippen LogP contribution in [0.2, 0.25) is 0 Å². The van der Waals surface area contributed by atoms with E-state index < -0.39 is 5.79 Å². The number of hydrogen-bond donors (Lipinski definition) is 4. The molecule has 0 saturated heterocycles. The second-order valence-corrected chi connectivity index (χ2v) is 5.99. The van der Waals surface area contributed by atoms with E-state index in [0.717, 1.165) is 0 Å². The molecule has 6 nitrogen and oxygen atoms in total. The summed E-state index contributed by atoms with van der Waals surface area (Å²) in [5, 5.41) is 12.8. The van der Waals surface area contributed by atoms with E-state index >= 15 is 0 Å². The van der Waals surface area contributed by atoms with E-state index in [4.69, 9.17) is 0 Å². The van der Waals surface area contributed by atoms with Crippen molar-refractivity contribution in [2.24, 2.45) is 0 Å². The van der Waals surface area contributed by atoms with Crippen molar-refractivity contribution >= 4 is 17.3 Å². The van der Waals surface area contributed by atoms with Crippen molar-refractivity contribution in [2.45, 2.75) is 5.79 Å². The van der Waals surface area contributed by atoms with Crippen molar-refractivity contribution in [2.75, 3.05) is 33.0 Å². The van der Waals surface area contributed by atoms with Crippen LogP contribution in [0, 0.1) is 0 Å². The Morgan fingerprint density at radius 3 is 2.00 bits per heavy atom. The number of benzene rings is 2. The molecule has 6 heteroatoms. The first-order valence-electron chi connectivity index (χ1n) is 8.19. The van der Waals surface area contributed by atoms with Crippen LogP contribution in [0.15, 0.2) is 42.5 Å². The summed E-state index contributed by atoms with van der Waals surface area (Å²) >= 11 is 0. The Bertz CT molecular complexity index is 828. The molecule has 0 unspecified atom stereocenters. The highest BCUT2D eigenvalue weighted by molar-refractivity contribution is 6.30. The van der Waals surface area contributed by atoms with E-state index in [-0.39, 0.29) is 11.6 Å². The topological polar surface area (TPSA) is 82.3 Å². The molecule has 4 N–H and O–H groups in total. The molecular weight excluding hydrogens is 316 g/mol. The number of carbonyl (C=O) groups excluding carboxylic acids is 2. The average molecular weight is 338 g/mol. The summed E-state index contributed by atoms with van der Waals surface area (Å²) in [4.78, 5) is 25.9. The predicted octanol–water partition coefficient (Wildman–Crippen LogP) is 1.19. The van der Waals surface area contributed by atoms with Crippen molar-refractivity contribution in [1.29, 1.82) is 0 Å². The summed E-state index contributed by atoms with van der Waals surface area (Å²) in [5.74, 6) is -0.926. The van der Waals surface area contributed by atoms with E-state index in [1.54, 1.807) is 36.4 Å². The van der Waals surface area contributed by atoms with Crippen LogP contribution < -0.4 is 21.3 Å². The lowest BCUT2D eigenvalue weighted by molar-refractivity contribution is 0.0979. The van der Waals surface area contributed by atoms with Gasteiger partial charge in [0.2, 0.25) is 0 Å². The molecule has 0 aromatic heterocycles. The van der Waals surface area contributed by atoms with Crippen LogP contribution in [-0.2, 0) is 0 Å². The van der Waals surface area contributed by atoms with Gasteiger partial charge >= 0.3 is 0 Å². The first-order valence-corrected chi connectivity index (χ1v) is 8.19. The highest BCUT2D eigenvalue weighted by Crippen LogP contribution is 2.32. The van der Waals surface area contributed by atoms with Gasteiger partial charge in [-0.1, -0.05) is 36.4 Å². The van der Waals surface area contributed by atoms with Gasteiger partial charge in [-0.2, -0.15) is 0 Å². The quantitative estimate of drug-likeness (QED) is 0.506. The van der Waals surface area contributed by atoms with Gasteiger partial charge in [0.25, 0.3) is 0 Å². The number of hydrogen-bond acceptors (Lipinski definition) is 6. The Morgan fingerprint density at radius 2 is 1.40 bits per heavy atom. The maximum Gasteiger partial charge on any atom is 0.196 e. The minimum absolute atomic E-state index is 0.123. The lowest BCUT2D eigenvalue weighted by Crippen LogP contribution is -2.65. The fourth-order valence-electron chi connectivity index (χ4n) is 3.22. The fourth-order valence-corrected chi connectivity index (χ4v) is 3.22. The molecule has 0 amide bonds. The summed E-state index contributed by atoms with van der Waals surface area (Å²) < 4.78 is 0. The SMILES string of the molecule is CNCC(NC)(NC)Nc1cccc2c1C(=O)c1ccccc1C2=O. The summed E-state index contributed by atoms with van der Waals surface area (Å²) in [6.07, 6.45) is 0. The van der Waals surface area contributed by atoms with Gasteiger partial charge in [0.05, 0.1) is 5.56 Å². The molecular formula is C19H22N4O2. The molecule has 2 aromatic carbocycles. The van der Waals surface area contributed by atoms with Crippen molar-refractivity contribution in [3.05, 3.63) is 64.7 Å². The molecule has 25 heavy (non-hydrogen) atoms. The van der Waals surface area contributed by atoms with Crippen LogP contribution >= 0.6 is 0 Å². The smallest absolute Gasteiger partial charge is 0.196 e. The Hall–Kier alpha value is -2.54. The Morgan fingerprint density at radius 1 is 0.800 bits per heavy atom. The minimum Gasteiger partial charge on any atom is -0.353 e. The highest BCUT2D eigenvalue weighted by Gasteiger charge is 2.33. The number of fused-ring (bicyclic) bond motifs is 2. The van der Waals surface area contributed by atoms with E-state index in [2.05, 4.69) is 21.3 Å². The molecule has 0 heterocycles. The van der Waals surface area contributed by atoms with Gasteiger partial charge in [-0.05, 0) is 27.2 Å². The van der Waals surface area contributed by atoms with E-state index in [0.29, 0.717) is 34.5 Å². The number of likely N-dealkylation sites (N-methyl/N-ethyl adjacent to an activating group) is 3. The number of ketones is 2. The van der Waals surface area contributed by atoms with E-state index in [1.807, 2.05) is 27.2 Å². The molecule has 130 valence electrons. The van der Waals surface area contributed by atoms with Crippen LogP contribution in [0.25, 0.3) is 0 Å². The second-order valence-electron chi connectivity index (χ2n) is 5.99. The Balaban J connectivity index is 2.11.